The molecule has 0 aliphatic heterocycles. The highest BCUT2D eigenvalue weighted by Gasteiger charge is 2.14. The number of carbonyl (C=O) groups is 2. The molecule has 0 bridgehead atoms. The zero-order valence-electron chi connectivity index (χ0n) is 10.8. The van der Waals surface area contributed by atoms with E-state index in [1.807, 2.05) is 19.1 Å². The predicted octanol–water partition coefficient (Wildman–Crippen LogP) is 2.96. The van der Waals surface area contributed by atoms with Crippen molar-refractivity contribution in [2.75, 3.05) is 12.8 Å². The number of thioether (sulfide) groups is 1. The molecule has 7 heteroatoms. The molecule has 0 fully saturated rings. The van der Waals surface area contributed by atoms with Crippen molar-refractivity contribution in [1.29, 1.82) is 0 Å². The second kappa shape index (κ2) is 7.77. The number of nitrogens with zero attached hydrogens (tertiary/aromatic N) is 1. The molecule has 1 rings (SSSR count). The minimum Gasteiger partial charge on any atom is -0.481 e. The Morgan fingerprint density at radius 3 is 2.74 bits per heavy atom. The van der Waals surface area contributed by atoms with Crippen LogP contribution in [0.25, 0.3) is 0 Å². The van der Waals surface area contributed by atoms with Gasteiger partial charge in [0.25, 0.3) is 0 Å². The van der Waals surface area contributed by atoms with E-state index in [9.17, 15) is 9.59 Å². The third-order valence-electron chi connectivity index (χ3n) is 2.40. The number of rotatable bonds is 7. The maximum atomic E-state index is 11.9. The van der Waals surface area contributed by atoms with Crippen molar-refractivity contribution in [3.8, 4) is 0 Å². The molecule has 1 unspecified atom stereocenters. The summed E-state index contributed by atoms with van der Waals surface area (Å²) in [6.07, 6.45) is 0.0716. The van der Waals surface area contributed by atoms with Gasteiger partial charge in [0.05, 0.1) is 23.1 Å². The van der Waals surface area contributed by atoms with Gasteiger partial charge in [0, 0.05) is 17.2 Å². The summed E-state index contributed by atoms with van der Waals surface area (Å²) in [5.41, 5.74) is 0. The molecular formula is C12H16ClNO3S2. The fourth-order valence-electron chi connectivity index (χ4n) is 1.39. The van der Waals surface area contributed by atoms with Gasteiger partial charge >= 0.3 is 5.97 Å². The first-order chi connectivity index (χ1) is 8.88. The van der Waals surface area contributed by atoms with Crippen LogP contribution in [0.1, 0.15) is 18.2 Å². The van der Waals surface area contributed by atoms with E-state index >= 15 is 0 Å². The van der Waals surface area contributed by atoms with E-state index < -0.39 is 5.97 Å². The Morgan fingerprint density at radius 1 is 1.53 bits per heavy atom. The summed E-state index contributed by atoms with van der Waals surface area (Å²) < 4.78 is 0.709. The molecule has 1 aromatic heterocycles. The lowest BCUT2D eigenvalue weighted by Crippen LogP contribution is -2.28. The van der Waals surface area contributed by atoms with Gasteiger partial charge in [-0.1, -0.05) is 18.5 Å². The van der Waals surface area contributed by atoms with Crippen molar-refractivity contribution in [1.82, 2.24) is 4.90 Å². The molecule has 0 aromatic carbocycles. The van der Waals surface area contributed by atoms with E-state index in [-0.39, 0.29) is 17.6 Å². The number of carboxylic acids is 1. The third kappa shape index (κ3) is 6.31. The van der Waals surface area contributed by atoms with Crippen LogP contribution in [-0.4, -0.2) is 39.9 Å². The maximum Gasteiger partial charge on any atom is 0.304 e. The van der Waals surface area contributed by atoms with Gasteiger partial charge in [-0.3, -0.25) is 9.59 Å². The van der Waals surface area contributed by atoms with E-state index in [1.165, 1.54) is 23.1 Å². The lowest BCUT2D eigenvalue weighted by Gasteiger charge is -2.17. The van der Waals surface area contributed by atoms with Gasteiger partial charge in [-0.25, -0.2) is 0 Å². The first-order valence-corrected chi connectivity index (χ1v) is 7.94. The molecule has 1 amide bonds. The Morgan fingerprint density at radius 2 is 2.21 bits per heavy atom. The summed E-state index contributed by atoms with van der Waals surface area (Å²) in [7, 11) is 1.73. The van der Waals surface area contributed by atoms with Gasteiger partial charge < -0.3 is 10.0 Å². The van der Waals surface area contributed by atoms with Crippen LogP contribution in [0.15, 0.2) is 12.1 Å². The summed E-state index contributed by atoms with van der Waals surface area (Å²) in [5, 5.41) is 8.57. The molecule has 0 spiro atoms. The van der Waals surface area contributed by atoms with Crippen molar-refractivity contribution in [2.24, 2.45) is 0 Å². The minimum atomic E-state index is -0.839. The number of amides is 1. The van der Waals surface area contributed by atoms with Gasteiger partial charge in [-0.05, 0) is 12.1 Å². The van der Waals surface area contributed by atoms with Crippen LogP contribution < -0.4 is 0 Å². The maximum absolute atomic E-state index is 11.9. The summed E-state index contributed by atoms with van der Waals surface area (Å²) in [4.78, 5) is 25.0. The fraction of sp³-hybridized carbons (Fsp3) is 0.500. The average molecular weight is 322 g/mol. The molecule has 4 nitrogen and oxygen atoms in total. The molecule has 0 aliphatic carbocycles. The van der Waals surface area contributed by atoms with Crippen molar-refractivity contribution >= 4 is 46.6 Å². The van der Waals surface area contributed by atoms with Crippen LogP contribution >= 0.6 is 34.7 Å². The van der Waals surface area contributed by atoms with Crippen molar-refractivity contribution < 1.29 is 14.7 Å². The Bertz CT molecular complexity index is 450. The van der Waals surface area contributed by atoms with Gasteiger partial charge in [-0.2, -0.15) is 0 Å². The van der Waals surface area contributed by atoms with Crippen molar-refractivity contribution in [2.45, 2.75) is 25.1 Å². The zero-order valence-corrected chi connectivity index (χ0v) is 13.1. The van der Waals surface area contributed by atoms with Crippen LogP contribution in [0, 0.1) is 0 Å². The second-order valence-electron chi connectivity index (χ2n) is 4.18. The van der Waals surface area contributed by atoms with Crippen molar-refractivity contribution in [3.05, 3.63) is 21.3 Å². The largest absolute Gasteiger partial charge is 0.481 e. The lowest BCUT2D eigenvalue weighted by molar-refractivity contribution is -0.137. The first-order valence-electron chi connectivity index (χ1n) is 5.70. The van der Waals surface area contributed by atoms with E-state index in [0.717, 1.165) is 4.88 Å². The fourth-order valence-corrected chi connectivity index (χ4v) is 3.44. The van der Waals surface area contributed by atoms with Crippen LogP contribution in [-0.2, 0) is 16.1 Å². The number of aliphatic carboxylic acids is 1. The predicted molar refractivity (Wildman–Crippen MR) is 80.0 cm³/mol. The molecule has 0 saturated heterocycles. The molecule has 0 aliphatic rings. The van der Waals surface area contributed by atoms with Crippen LogP contribution in [0.4, 0.5) is 0 Å². The number of hydrogen-bond acceptors (Lipinski definition) is 4. The lowest BCUT2D eigenvalue weighted by atomic mass is 10.3. The Labute approximate surface area is 125 Å². The standard InChI is InChI=1S/C12H16ClNO3S2/c1-8(5-12(16)17)18-7-11(15)14(2)6-9-3-4-10(13)19-9/h3-4,8H,5-7H2,1-2H3,(H,16,17). The molecule has 0 radical (unpaired) electrons. The smallest absolute Gasteiger partial charge is 0.304 e. The van der Waals surface area contributed by atoms with Gasteiger partial charge in [0.2, 0.25) is 5.91 Å². The summed E-state index contributed by atoms with van der Waals surface area (Å²) in [5.74, 6) is -0.551. The molecule has 1 heterocycles. The van der Waals surface area contributed by atoms with E-state index in [2.05, 4.69) is 0 Å². The quantitative estimate of drug-likeness (QED) is 0.839. The molecular weight excluding hydrogens is 306 g/mol. The van der Waals surface area contributed by atoms with E-state index in [1.54, 1.807) is 11.9 Å². The van der Waals surface area contributed by atoms with E-state index in [4.69, 9.17) is 16.7 Å². The van der Waals surface area contributed by atoms with Crippen molar-refractivity contribution in [3.63, 3.8) is 0 Å². The van der Waals surface area contributed by atoms with Crippen LogP contribution in [0.3, 0.4) is 0 Å². The zero-order chi connectivity index (χ0) is 14.4. The first kappa shape index (κ1) is 16.3. The van der Waals surface area contributed by atoms with E-state index in [0.29, 0.717) is 16.6 Å². The normalized spacial score (nSPS) is 12.2. The number of carbonyl (C=O) groups excluding carboxylic acids is 1. The van der Waals surface area contributed by atoms with Gasteiger partial charge in [-0.15, -0.1) is 23.1 Å². The Balaban J connectivity index is 2.34. The number of hydrogen-bond donors (Lipinski definition) is 1. The summed E-state index contributed by atoms with van der Waals surface area (Å²) in [6, 6.07) is 3.71. The Kier molecular flexibility index (Phi) is 6.68. The molecule has 1 atom stereocenters. The second-order valence-corrected chi connectivity index (χ2v) is 7.40. The molecule has 0 saturated carbocycles. The molecule has 19 heavy (non-hydrogen) atoms. The monoisotopic (exact) mass is 321 g/mol. The van der Waals surface area contributed by atoms with Crippen LogP contribution in [0.2, 0.25) is 4.34 Å². The van der Waals surface area contributed by atoms with Gasteiger partial charge in [0.1, 0.15) is 0 Å². The number of halogens is 1. The van der Waals surface area contributed by atoms with Crippen LogP contribution in [0.5, 0.6) is 0 Å². The highest BCUT2D eigenvalue weighted by Crippen LogP contribution is 2.22. The summed E-state index contributed by atoms with van der Waals surface area (Å²) >= 11 is 8.65. The minimum absolute atomic E-state index is 0.00763. The SMILES string of the molecule is CC(CC(=O)O)SCC(=O)N(C)Cc1ccc(Cl)s1. The molecule has 1 N–H and O–H groups in total. The number of thiophene rings is 1. The highest BCUT2D eigenvalue weighted by atomic mass is 35.5. The molecule has 1 aromatic rings. The average Bonchev–Trinajstić information content (AvgIpc) is 2.70. The molecule has 106 valence electrons. The third-order valence-corrected chi connectivity index (χ3v) is 4.77. The van der Waals surface area contributed by atoms with Gasteiger partial charge in [0.15, 0.2) is 0 Å². The highest BCUT2D eigenvalue weighted by molar-refractivity contribution is 8.00. The number of carboxylic acid groups (broad SMARTS) is 1. The Hall–Kier alpha value is -0.720. The topological polar surface area (TPSA) is 57.6 Å². The summed E-state index contributed by atoms with van der Waals surface area (Å²) in [6.45, 7) is 2.34.